The molecule has 150 valence electrons. The third kappa shape index (κ3) is 7.88. The first kappa shape index (κ1) is 20.9. The van der Waals surface area contributed by atoms with Gasteiger partial charge in [-0.15, -0.1) is 0 Å². The Hall–Kier alpha value is -1.38. The van der Waals surface area contributed by atoms with Gasteiger partial charge in [0.2, 0.25) is 5.91 Å². The highest BCUT2D eigenvalue weighted by Crippen LogP contribution is 2.15. The van der Waals surface area contributed by atoms with Crippen LogP contribution in [0.15, 0.2) is 4.99 Å². The van der Waals surface area contributed by atoms with Crippen LogP contribution in [0.2, 0.25) is 0 Å². The summed E-state index contributed by atoms with van der Waals surface area (Å²) in [5.41, 5.74) is 5.44. The first-order chi connectivity index (χ1) is 12.7. The van der Waals surface area contributed by atoms with Crippen LogP contribution in [0.1, 0.15) is 26.2 Å². The van der Waals surface area contributed by atoms with E-state index in [0.717, 1.165) is 97.3 Å². The van der Waals surface area contributed by atoms with Gasteiger partial charge in [-0.25, -0.2) is 0 Å². The molecule has 0 spiro atoms. The van der Waals surface area contributed by atoms with Crippen molar-refractivity contribution < 1.29 is 9.53 Å². The Morgan fingerprint density at radius 3 is 2.73 bits per heavy atom. The van der Waals surface area contributed by atoms with E-state index in [9.17, 15) is 4.79 Å². The van der Waals surface area contributed by atoms with Crippen LogP contribution < -0.4 is 16.4 Å². The number of carbonyl (C=O) groups excluding carboxylic acids is 1. The molecule has 4 N–H and O–H groups in total. The van der Waals surface area contributed by atoms with E-state index in [1.165, 1.54) is 0 Å². The Morgan fingerprint density at radius 1 is 1.19 bits per heavy atom. The molecule has 2 heterocycles. The first-order valence-corrected chi connectivity index (χ1v) is 10.0. The van der Waals surface area contributed by atoms with E-state index in [0.29, 0.717) is 0 Å². The number of nitrogens with one attached hydrogen (secondary N) is 2. The zero-order valence-corrected chi connectivity index (χ0v) is 16.2. The summed E-state index contributed by atoms with van der Waals surface area (Å²) in [6.07, 6.45) is 2.98. The number of nitrogens with two attached hydrogens (primary N) is 1. The molecule has 2 rings (SSSR count). The Labute approximate surface area is 157 Å². The lowest BCUT2D eigenvalue weighted by Gasteiger charge is -2.30. The SMILES string of the molecule is CCNC(=NCCCN1CCCC(C(N)=O)C1)NCCN1CCOCC1. The standard InChI is InChI=1S/C18H36N6O2/c1-2-20-18(22-7-10-23-11-13-26-14-12-23)21-6-4-9-24-8-3-5-16(15-24)17(19)25/h16H,2-15H2,1H3,(H2,19,25)(H2,20,21,22). The number of hydrogen-bond donors (Lipinski definition) is 3. The molecule has 8 nitrogen and oxygen atoms in total. The Bertz CT molecular complexity index is 439. The zero-order valence-electron chi connectivity index (χ0n) is 16.2. The lowest BCUT2D eigenvalue weighted by molar-refractivity contribution is -0.123. The van der Waals surface area contributed by atoms with Gasteiger partial charge in [0.1, 0.15) is 0 Å². The van der Waals surface area contributed by atoms with E-state index < -0.39 is 0 Å². The van der Waals surface area contributed by atoms with E-state index in [1.54, 1.807) is 0 Å². The lowest BCUT2D eigenvalue weighted by atomic mass is 9.97. The molecular weight excluding hydrogens is 332 g/mol. The second-order valence-electron chi connectivity index (χ2n) is 7.04. The van der Waals surface area contributed by atoms with Gasteiger partial charge < -0.3 is 26.0 Å². The minimum absolute atomic E-state index is 0.0198. The molecule has 0 radical (unpaired) electrons. The maximum atomic E-state index is 11.4. The highest BCUT2D eigenvalue weighted by molar-refractivity contribution is 5.79. The Balaban J connectivity index is 1.63. The van der Waals surface area contributed by atoms with Gasteiger partial charge in [0.05, 0.1) is 19.1 Å². The maximum Gasteiger partial charge on any atom is 0.221 e. The van der Waals surface area contributed by atoms with Crippen LogP contribution in [0.3, 0.4) is 0 Å². The molecule has 2 fully saturated rings. The van der Waals surface area contributed by atoms with Gasteiger partial charge in [0.15, 0.2) is 5.96 Å². The molecule has 0 aliphatic carbocycles. The van der Waals surface area contributed by atoms with Gasteiger partial charge in [-0.2, -0.15) is 0 Å². The molecule has 0 aromatic carbocycles. The van der Waals surface area contributed by atoms with E-state index in [-0.39, 0.29) is 11.8 Å². The lowest BCUT2D eigenvalue weighted by Crippen LogP contribution is -2.44. The van der Waals surface area contributed by atoms with E-state index in [1.807, 2.05) is 0 Å². The van der Waals surface area contributed by atoms with Gasteiger partial charge in [0.25, 0.3) is 0 Å². The fraction of sp³-hybridized carbons (Fsp3) is 0.889. The van der Waals surface area contributed by atoms with Gasteiger partial charge in [-0.3, -0.25) is 14.7 Å². The normalized spacial score (nSPS) is 23.0. The number of aliphatic imine (C=N–C) groups is 1. The fourth-order valence-corrected chi connectivity index (χ4v) is 3.47. The van der Waals surface area contributed by atoms with Crippen molar-refractivity contribution >= 4 is 11.9 Å². The van der Waals surface area contributed by atoms with Crippen LogP contribution in [0.25, 0.3) is 0 Å². The molecule has 26 heavy (non-hydrogen) atoms. The molecule has 0 bridgehead atoms. The second-order valence-corrected chi connectivity index (χ2v) is 7.04. The highest BCUT2D eigenvalue weighted by atomic mass is 16.5. The predicted molar refractivity (Wildman–Crippen MR) is 104 cm³/mol. The molecule has 1 atom stereocenters. The first-order valence-electron chi connectivity index (χ1n) is 10.0. The van der Waals surface area contributed by atoms with E-state index in [2.05, 4.69) is 32.3 Å². The third-order valence-corrected chi connectivity index (χ3v) is 4.98. The molecule has 0 aromatic heterocycles. The predicted octanol–water partition coefficient (Wildman–Crippen LogP) is -0.539. The van der Waals surface area contributed by atoms with Crippen LogP contribution >= 0.6 is 0 Å². The van der Waals surface area contributed by atoms with Crippen LogP contribution in [-0.4, -0.2) is 93.8 Å². The van der Waals surface area contributed by atoms with Crippen LogP contribution in [0.4, 0.5) is 0 Å². The van der Waals surface area contributed by atoms with Crippen LogP contribution in [-0.2, 0) is 9.53 Å². The van der Waals surface area contributed by atoms with Crippen molar-refractivity contribution in [2.24, 2.45) is 16.6 Å². The summed E-state index contributed by atoms with van der Waals surface area (Å²) in [5, 5.41) is 6.71. The number of rotatable bonds is 9. The summed E-state index contributed by atoms with van der Waals surface area (Å²) in [5.74, 6) is 0.743. The number of nitrogens with zero attached hydrogens (tertiary/aromatic N) is 3. The minimum Gasteiger partial charge on any atom is -0.379 e. The number of guanidine groups is 1. The molecule has 2 saturated heterocycles. The summed E-state index contributed by atoms with van der Waals surface area (Å²) in [6.45, 7) is 12.1. The van der Waals surface area contributed by atoms with E-state index in [4.69, 9.17) is 10.5 Å². The smallest absolute Gasteiger partial charge is 0.221 e. The maximum absolute atomic E-state index is 11.4. The molecule has 0 aromatic rings. The number of piperidine rings is 1. The van der Waals surface area contributed by atoms with Crippen molar-refractivity contribution in [3.8, 4) is 0 Å². The monoisotopic (exact) mass is 368 g/mol. The number of amides is 1. The molecule has 8 heteroatoms. The average molecular weight is 369 g/mol. The quantitative estimate of drug-likeness (QED) is 0.287. The summed E-state index contributed by atoms with van der Waals surface area (Å²) >= 11 is 0. The summed E-state index contributed by atoms with van der Waals surface area (Å²) in [4.78, 5) is 20.8. The van der Waals surface area contributed by atoms with Gasteiger partial charge in [0, 0.05) is 45.8 Å². The van der Waals surface area contributed by atoms with Crippen LogP contribution in [0.5, 0.6) is 0 Å². The van der Waals surface area contributed by atoms with Gasteiger partial charge >= 0.3 is 0 Å². The summed E-state index contributed by atoms with van der Waals surface area (Å²) in [6, 6.07) is 0. The second kappa shape index (κ2) is 12.1. The number of primary amides is 1. The fourth-order valence-electron chi connectivity index (χ4n) is 3.47. The Kier molecular flexibility index (Phi) is 9.73. The highest BCUT2D eigenvalue weighted by Gasteiger charge is 2.23. The topological polar surface area (TPSA) is 95.2 Å². The number of ether oxygens (including phenoxy) is 1. The number of likely N-dealkylation sites (tertiary alicyclic amines) is 1. The largest absolute Gasteiger partial charge is 0.379 e. The number of morpholine rings is 1. The Morgan fingerprint density at radius 2 is 2.00 bits per heavy atom. The van der Waals surface area contributed by atoms with Crippen molar-refractivity contribution in [1.82, 2.24) is 20.4 Å². The summed E-state index contributed by atoms with van der Waals surface area (Å²) in [7, 11) is 0. The summed E-state index contributed by atoms with van der Waals surface area (Å²) < 4.78 is 5.37. The number of carbonyl (C=O) groups is 1. The molecule has 2 aliphatic heterocycles. The van der Waals surface area contributed by atoms with Gasteiger partial charge in [-0.1, -0.05) is 0 Å². The number of hydrogen-bond acceptors (Lipinski definition) is 5. The molecular formula is C18H36N6O2. The van der Waals surface area contributed by atoms with Crippen molar-refractivity contribution in [3.63, 3.8) is 0 Å². The molecule has 1 amide bonds. The third-order valence-electron chi connectivity index (χ3n) is 4.98. The van der Waals surface area contributed by atoms with E-state index >= 15 is 0 Å². The van der Waals surface area contributed by atoms with Crippen molar-refractivity contribution in [2.75, 3.05) is 72.1 Å². The molecule has 1 unspecified atom stereocenters. The molecule has 0 saturated carbocycles. The van der Waals surface area contributed by atoms with Crippen molar-refractivity contribution in [3.05, 3.63) is 0 Å². The zero-order chi connectivity index (χ0) is 18.6. The average Bonchev–Trinajstić information content (AvgIpc) is 2.66. The van der Waals surface area contributed by atoms with Crippen molar-refractivity contribution in [1.29, 1.82) is 0 Å². The van der Waals surface area contributed by atoms with Crippen LogP contribution in [0, 0.1) is 5.92 Å². The van der Waals surface area contributed by atoms with Gasteiger partial charge in [-0.05, 0) is 39.3 Å². The minimum atomic E-state index is -0.161. The van der Waals surface area contributed by atoms with Crippen molar-refractivity contribution in [2.45, 2.75) is 26.2 Å². The molecule has 2 aliphatic rings.